The largest absolute Gasteiger partial charge is 0.289 e. The summed E-state index contributed by atoms with van der Waals surface area (Å²) in [5, 5.41) is 0. The van der Waals surface area contributed by atoms with E-state index in [1.165, 1.54) is 0 Å². The van der Waals surface area contributed by atoms with Crippen LogP contribution in [0, 0.1) is 0 Å². The maximum atomic E-state index is 12.0. The summed E-state index contributed by atoms with van der Waals surface area (Å²) in [6.07, 6.45) is 9.56. The third kappa shape index (κ3) is 1.96. The summed E-state index contributed by atoms with van der Waals surface area (Å²) in [7, 11) is 0. The molecule has 0 aliphatic heterocycles. The first-order valence-electron chi connectivity index (χ1n) is 4.94. The molecule has 0 heterocycles. The Morgan fingerprint density at radius 1 is 1.00 bits per heavy atom. The third-order valence-electron chi connectivity index (χ3n) is 2.41. The fourth-order valence-corrected chi connectivity index (χ4v) is 1.56. The highest BCUT2D eigenvalue weighted by atomic mass is 16.1. The van der Waals surface area contributed by atoms with Crippen molar-refractivity contribution in [3.8, 4) is 0 Å². The highest BCUT2D eigenvalue weighted by Crippen LogP contribution is 2.16. The SMILES string of the molecule is C\C1=C/C=C\C=C\c2ccccc2C1=O. The van der Waals surface area contributed by atoms with Gasteiger partial charge >= 0.3 is 0 Å². The first-order chi connectivity index (χ1) is 7.29. The topological polar surface area (TPSA) is 17.1 Å². The minimum Gasteiger partial charge on any atom is -0.289 e. The molecule has 0 fully saturated rings. The number of hydrogen-bond donors (Lipinski definition) is 0. The lowest BCUT2D eigenvalue weighted by Crippen LogP contribution is -2.02. The average Bonchev–Trinajstić information content (AvgIpc) is 2.33. The van der Waals surface area contributed by atoms with Crippen LogP contribution in [0.3, 0.4) is 0 Å². The van der Waals surface area contributed by atoms with Crippen LogP contribution < -0.4 is 0 Å². The van der Waals surface area contributed by atoms with E-state index in [9.17, 15) is 4.79 Å². The fourth-order valence-electron chi connectivity index (χ4n) is 1.56. The lowest BCUT2D eigenvalue weighted by Gasteiger charge is -2.04. The maximum absolute atomic E-state index is 12.0. The molecule has 0 saturated carbocycles. The number of carbonyl (C=O) groups excluding carboxylic acids is 1. The van der Waals surface area contributed by atoms with Gasteiger partial charge in [-0.05, 0) is 18.1 Å². The summed E-state index contributed by atoms with van der Waals surface area (Å²) >= 11 is 0. The Balaban J connectivity index is 2.61. The van der Waals surface area contributed by atoms with Crippen LogP contribution in [0.25, 0.3) is 6.08 Å². The monoisotopic (exact) mass is 196 g/mol. The normalized spacial score (nSPS) is 22.7. The quantitative estimate of drug-likeness (QED) is 0.621. The molecule has 0 bridgehead atoms. The molecule has 0 unspecified atom stereocenters. The van der Waals surface area contributed by atoms with Gasteiger partial charge in [-0.2, -0.15) is 0 Å². The van der Waals surface area contributed by atoms with Gasteiger partial charge in [0.25, 0.3) is 0 Å². The van der Waals surface area contributed by atoms with Crippen LogP contribution in [0.15, 0.2) is 54.1 Å². The van der Waals surface area contributed by atoms with Gasteiger partial charge < -0.3 is 0 Å². The molecule has 1 aromatic carbocycles. The van der Waals surface area contributed by atoms with E-state index in [0.29, 0.717) is 0 Å². The highest BCUT2D eigenvalue weighted by molar-refractivity contribution is 6.10. The van der Waals surface area contributed by atoms with Crippen molar-refractivity contribution in [1.82, 2.24) is 0 Å². The van der Waals surface area contributed by atoms with Gasteiger partial charge in [-0.3, -0.25) is 4.79 Å². The van der Waals surface area contributed by atoms with Crippen molar-refractivity contribution >= 4 is 11.9 Å². The van der Waals surface area contributed by atoms with Crippen LogP contribution in [0.1, 0.15) is 22.8 Å². The van der Waals surface area contributed by atoms with Gasteiger partial charge in [-0.25, -0.2) is 0 Å². The summed E-state index contributed by atoms with van der Waals surface area (Å²) in [4.78, 5) is 12.0. The second-order valence-corrected chi connectivity index (χ2v) is 3.51. The highest BCUT2D eigenvalue weighted by Gasteiger charge is 2.10. The van der Waals surface area contributed by atoms with Crippen LogP contribution in [-0.4, -0.2) is 5.78 Å². The van der Waals surface area contributed by atoms with Crippen molar-refractivity contribution < 1.29 is 4.79 Å². The fraction of sp³-hybridized carbons (Fsp3) is 0.0714. The zero-order valence-corrected chi connectivity index (χ0v) is 8.60. The van der Waals surface area contributed by atoms with E-state index in [1.54, 1.807) is 0 Å². The molecule has 1 nitrogen and oxygen atoms in total. The van der Waals surface area contributed by atoms with E-state index in [4.69, 9.17) is 0 Å². The van der Waals surface area contributed by atoms with Gasteiger partial charge in [0.15, 0.2) is 5.78 Å². The molecule has 15 heavy (non-hydrogen) atoms. The van der Waals surface area contributed by atoms with Crippen molar-refractivity contribution in [2.75, 3.05) is 0 Å². The summed E-state index contributed by atoms with van der Waals surface area (Å²) < 4.78 is 0. The molecular weight excluding hydrogens is 184 g/mol. The van der Waals surface area contributed by atoms with Crippen molar-refractivity contribution in [2.24, 2.45) is 0 Å². The molecule has 0 atom stereocenters. The van der Waals surface area contributed by atoms with Gasteiger partial charge in [0.2, 0.25) is 0 Å². The third-order valence-corrected chi connectivity index (χ3v) is 2.41. The van der Waals surface area contributed by atoms with Gasteiger partial charge in [0.1, 0.15) is 0 Å². The number of rotatable bonds is 0. The summed E-state index contributed by atoms with van der Waals surface area (Å²) in [5.74, 6) is 0.0989. The molecule has 1 aliphatic rings. The predicted molar refractivity (Wildman–Crippen MR) is 62.7 cm³/mol. The number of hydrogen-bond acceptors (Lipinski definition) is 1. The standard InChI is InChI=1S/C14H12O/c1-11-7-3-2-4-8-12-9-5-6-10-13(12)14(11)15/h2-10H,1H3/b3-2-,8-4+,11-7+. The first-order valence-corrected chi connectivity index (χ1v) is 4.94. The molecule has 0 radical (unpaired) electrons. The second kappa shape index (κ2) is 4.09. The molecule has 1 aliphatic carbocycles. The molecule has 0 amide bonds. The second-order valence-electron chi connectivity index (χ2n) is 3.51. The maximum Gasteiger partial charge on any atom is 0.189 e. The Labute approximate surface area is 89.4 Å². The van der Waals surface area contributed by atoms with Crippen molar-refractivity contribution in [1.29, 1.82) is 0 Å². The van der Waals surface area contributed by atoms with Crippen molar-refractivity contribution in [3.05, 3.63) is 65.3 Å². The van der Waals surface area contributed by atoms with Crippen LogP contribution in [0.5, 0.6) is 0 Å². The van der Waals surface area contributed by atoms with Gasteiger partial charge in [-0.1, -0.05) is 54.6 Å². The molecule has 2 rings (SSSR count). The minimum atomic E-state index is 0.0989. The van der Waals surface area contributed by atoms with E-state index in [-0.39, 0.29) is 5.78 Å². The van der Waals surface area contributed by atoms with E-state index in [0.717, 1.165) is 16.7 Å². The first kappa shape index (κ1) is 9.66. The number of carbonyl (C=O) groups is 1. The molecule has 0 aromatic heterocycles. The van der Waals surface area contributed by atoms with E-state index in [1.807, 2.05) is 61.6 Å². The molecule has 1 heteroatoms. The lowest BCUT2D eigenvalue weighted by atomic mass is 9.99. The number of fused-ring (bicyclic) bond motifs is 1. The number of Topliss-reactive ketones (excluding diaryl/α,β-unsaturated/α-hetero) is 1. The molecular formula is C14H12O. The average molecular weight is 196 g/mol. The Hall–Kier alpha value is -1.89. The molecule has 1 aromatic rings. The number of allylic oxidation sites excluding steroid dienone is 5. The van der Waals surface area contributed by atoms with Gasteiger partial charge in [0.05, 0.1) is 0 Å². The van der Waals surface area contributed by atoms with Crippen LogP contribution in [-0.2, 0) is 0 Å². The minimum absolute atomic E-state index is 0.0989. The Morgan fingerprint density at radius 2 is 1.80 bits per heavy atom. The summed E-state index contributed by atoms with van der Waals surface area (Å²) in [5.41, 5.74) is 2.51. The van der Waals surface area contributed by atoms with Crippen LogP contribution in [0.2, 0.25) is 0 Å². The summed E-state index contributed by atoms with van der Waals surface area (Å²) in [6.45, 7) is 1.84. The zero-order chi connectivity index (χ0) is 10.7. The van der Waals surface area contributed by atoms with Crippen LogP contribution >= 0.6 is 0 Å². The molecule has 0 spiro atoms. The molecule has 74 valence electrons. The molecule has 0 saturated heterocycles. The number of ketones is 1. The van der Waals surface area contributed by atoms with Gasteiger partial charge in [0, 0.05) is 5.56 Å². The summed E-state index contributed by atoms with van der Waals surface area (Å²) in [6, 6.07) is 7.65. The Bertz CT molecular complexity index is 476. The van der Waals surface area contributed by atoms with E-state index < -0.39 is 0 Å². The predicted octanol–water partition coefficient (Wildman–Crippen LogP) is 3.40. The van der Waals surface area contributed by atoms with Crippen LogP contribution in [0.4, 0.5) is 0 Å². The van der Waals surface area contributed by atoms with E-state index >= 15 is 0 Å². The Morgan fingerprint density at radius 3 is 2.67 bits per heavy atom. The van der Waals surface area contributed by atoms with Crippen molar-refractivity contribution in [3.63, 3.8) is 0 Å². The Kier molecular flexibility index (Phi) is 2.64. The van der Waals surface area contributed by atoms with E-state index in [2.05, 4.69) is 0 Å². The molecule has 0 N–H and O–H groups in total. The smallest absolute Gasteiger partial charge is 0.189 e. The lowest BCUT2D eigenvalue weighted by molar-refractivity contribution is 0.103. The van der Waals surface area contributed by atoms with Crippen molar-refractivity contribution in [2.45, 2.75) is 6.92 Å². The van der Waals surface area contributed by atoms with Gasteiger partial charge in [-0.15, -0.1) is 0 Å². The number of benzene rings is 1. The zero-order valence-electron chi connectivity index (χ0n) is 8.60.